The second-order valence-electron chi connectivity index (χ2n) is 6.83. The molecule has 0 spiro atoms. The number of carboxylic acids is 1. The maximum Gasteiger partial charge on any atom is 0.418 e. The van der Waals surface area contributed by atoms with Crippen LogP contribution in [0, 0.1) is 11.8 Å². The highest BCUT2D eigenvalue weighted by Crippen LogP contribution is 2.39. The number of amides is 2. The van der Waals surface area contributed by atoms with Gasteiger partial charge >= 0.3 is 30.1 Å². The number of alkyl halides is 6. The minimum atomic E-state index is -5.09. The molecule has 0 fully saturated rings. The molecule has 3 N–H and O–H groups in total. The van der Waals surface area contributed by atoms with Crippen molar-refractivity contribution in [1.82, 2.24) is 0 Å². The van der Waals surface area contributed by atoms with Crippen LogP contribution in [0.2, 0.25) is 0 Å². The summed E-state index contributed by atoms with van der Waals surface area (Å²) in [5, 5.41) is 12.6. The van der Waals surface area contributed by atoms with E-state index < -0.39 is 52.9 Å². The number of carbonyl (C=O) groups excluding carboxylic acids is 2. The smallest absolute Gasteiger partial charge is 0.418 e. The third-order valence-corrected chi connectivity index (χ3v) is 4.37. The Morgan fingerprint density at radius 3 is 2.00 bits per heavy atom. The van der Waals surface area contributed by atoms with Crippen molar-refractivity contribution in [2.24, 2.45) is 0 Å². The lowest BCUT2D eigenvalue weighted by atomic mass is 9.96. The van der Waals surface area contributed by atoms with E-state index in [-0.39, 0.29) is 30.3 Å². The van der Waals surface area contributed by atoms with Crippen LogP contribution in [-0.4, -0.2) is 22.9 Å². The Morgan fingerprint density at radius 2 is 1.50 bits per heavy atom. The third kappa shape index (κ3) is 6.99. The highest BCUT2D eigenvalue weighted by Gasteiger charge is 2.37. The van der Waals surface area contributed by atoms with Gasteiger partial charge in [0.2, 0.25) is 0 Å². The highest BCUT2D eigenvalue weighted by atomic mass is 19.4. The number of carboxylic acid groups (broad SMARTS) is 1. The van der Waals surface area contributed by atoms with E-state index in [1.165, 1.54) is 31.2 Å². The predicted molar refractivity (Wildman–Crippen MR) is 109 cm³/mol. The molecule has 2 aromatic carbocycles. The molecule has 34 heavy (non-hydrogen) atoms. The monoisotopic (exact) mass is 486 g/mol. The number of rotatable bonds is 5. The number of carbonyl (C=O) groups is 3. The Morgan fingerprint density at radius 1 is 0.912 bits per heavy atom. The van der Waals surface area contributed by atoms with E-state index in [1.807, 2.05) is 0 Å². The third-order valence-electron chi connectivity index (χ3n) is 4.37. The molecule has 0 aromatic heterocycles. The Labute approximate surface area is 189 Å². The molecule has 0 saturated carbocycles. The summed E-state index contributed by atoms with van der Waals surface area (Å²) in [5.41, 5.74) is -3.71. The maximum absolute atomic E-state index is 13.1. The normalized spacial score (nSPS) is 12.2. The van der Waals surface area contributed by atoms with Gasteiger partial charge < -0.3 is 15.7 Å². The molecule has 0 unspecified atom stereocenters. The fraction of sp³-hybridized carbons (Fsp3) is 0.227. The van der Waals surface area contributed by atoms with Crippen LogP contribution in [0.3, 0.4) is 0 Å². The molecule has 0 aliphatic carbocycles. The summed E-state index contributed by atoms with van der Waals surface area (Å²) >= 11 is 0. The number of hydrogen-bond acceptors (Lipinski definition) is 3. The van der Waals surface area contributed by atoms with Gasteiger partial charge in [-0.15, -0.1) is 5.92 Å². The number of hydrogen-bond donors (Lipinski definition) is 3. The van der Waals surface area contributed by atoms with Crippen molar-refractivity contribution < 1.29 is 45.8 Å². The number of halogens is 6. The Kier molecular flexibility index (Phi) is 7.94. The largest absolute Gasteiger partial charge is 0.481 e. The number of aliphatic carboxylic acids is 1. The van der Waals surface area contributed by atoms with Gasteiger partial charge in [0, 0.05) is 5.69 Å². The highest BCUT2D eigenvalue weighted by molar-refractivity contribution is 6.43. The predicted octanol–water partition coefficient (Wildman–Crippen LogP) is 4.88. The first-order chi connectivity index (χ1) is 15.7. The van der Waals surface area contributed by atoms with Gasteiger partial charge in [-0.1, -0.05) is 18.1 Å². The van der Waals surface area contributed by atoms with Gasteiger partial charge in [-0.2, -0.15) is 26.3 Å². The number of benzene rings is 2. The average Bonchev–Trinajstić information content (AvgIpc) is 2.72. The van der Waals surface area contributed by atoms with Crippen LogP contribution in [0.1, 0.15) is 36.0 Å². The van der Waals surface area contributed by atoms with Crippen LogP contribution >= 0.6 is 0 Å². The van der Waals surface area contributed by atoms with Crippen molar-refractivity contribution in [1.29, 1.82) is 0 Å². The van der Waals surface area contributed by atoms with Gasteiger partial charge in [0.25, 0.3) is 0 Å². The fourth-order valence-electron chi connectivity index (χ4n) is 2.84. The number of nitrogens with one attached hydrogen (secondary N) is 2. The van der Waals surface area contributed by atoms with Crippen LogP contribution in [-0.2, 0) is 26.7 Å². The van der Waals surface area contributed by atoms with Crippen LogP contribution in [0.25, 0.3) is 0 Å². The van der Waals surface area contributed by atoms with Crippen molar-refractivity contribution in [3.63, 3.8) is 0 Å². The Bertz CT molecular complexity index is 1150. The van der Waals surface area contributed by atoms with E-state index in [0.717, 1.165) is 0 Å². The summed E-state index contributed by atoms with van der Waals surface area (Å²) in [6.45, 7) is 1.52. The maximum atomic E-state index is 13.1. The molecule has 1 atom stereocenters. The van der Waals surface area contributed by atoms with E-state index in [9.17, 15) is 40.7 Å². The van der Waals surface area contributed by atoms with Gasteiger partial charge in [-0.25, -0.2) is 0 Å². The molecular formula is C22H16F6N2O4. The first-order valence-electron chi connectivity index (χ1n) is 9.37. The quantitative estimate of drug-likeness (QED) is 0.319. The zero-order valence-corrected chi connectivity index (χ0v) is 17.3. The van der Waals surface area contributed by atoms with Gasteiger partial charge in [0.15, 0.2) is 0 Å². The molecule has 2 rings (SSSR count). The minimum Gasteiger partial charge on any atom is -0.481 e. The second-order valence-corrected chi connectivity index (χ2v) is 6.83. The summed E-state index contributed by atoms with van der Waals surface area (Å²) in [5.74, 6) is 0.516. The summed E-state index contributed by atoms with van der Waals surface area (Å²) in [6, 6.07) is 5.92. The molecule has 2 amide bonds. The summed E-state index contributed by atoms with van der Waals surface area (Å²) in [7, 11) is 0. The topological polar surface area (TPSA) is 95.5 Å². The molecule has 0 aliphatic rings. The summed E-state index contributed by atoms with van der Waals surface area (Å²) in [6.07, 6.45) is -10.4. The molecule has 0 radical (unpaired) electrons. The summed E-state index contributed by atoms with van der Waals surface area (Å²) < 4.78 is 78.0. The van der Waals surface area contributed by atoms with Gasteiger partial charge in [-0.3, -0.25) is 14.4 Å². The molecule has 2 aromatic rings. The molecular weight excluding hydrogens is 470 g/mol. The fourth-order valence-corrected chi connectivity index (χ4v) is 2.84. The zero-order chi connectivity index (χ0) is 25.7. The van der Waals surface area contributed by atoms with Gasteiger partial charge in [-0.05, 0) is 42.8 Å². The van der Waals surface area contributed by atoms with Crippen LogP contribution < -0.4 is 10.6 Å². The first kappa shape index (κ1) is 26.2. The van der Waals surface area contributed by atoms with E-state index in [0.29, 0.717) is 5.56 Å². The van der Waals surface area contributed by atoms with Crippen molar-refractivity contribution in [3.8, 4) is 11.8 Å². The van der Waals surface area contributed by atoms with Crippen molar-refractivity contribution in [2.75, 3.05) is 10.6 Å². The lowest BCUT2D eigenvalue weighted by molar-refractivity contribution is -0.141. The molecule has 6 nitrogen and oxygen atoms in total. The van der Waals surface area contributed by atoms with Crippen LogP contribution in [0.5, 0.6) is 0 Å². The van der Waals surface area contributed by atoms with E-state index in [4.69, 9.17) is 5.11 Å². The summed E-state index contributed by atoms with van der Waals surface area (Å²) in [4.78, 5) is 35.1. The number of anilines is 2. The van der Waals surface area contributed by atoms with Crippen molar-refractivity contribution in [2.45, 2.75) is 31.6 Å². The molecule has 0 heterocycles. The van der Waals surface area contributed by atoms with Gasteiger partial charge in [0.1, 0.15) is 0 Å². The van der Waals surface area contributed by atoms with Gasteiger partial charge in [0.05, 0.1) is 29.2 Å². The standard InChI is InChI=1S/C22H16F6N2O4/c1-2-3-13(10-18(31)32)12-4-7-15(8-5-12)29-19(33)20(34)30-17-11-14(21(23,24)25)6-9-16(17)22(26,27)28/h4-9,11,13H,10H2,1H3,(H,29,33)(H,30,34)(H,31,32)/t13-/m0/s1. The molecule has 0 aliphatic heterocycles. The molecule has 0 saturated heterocycles. The van der Waals surface area contributed by atoms with Crippen LogP contribution in [0.4, 0.5) is 37.7 Å². The Hall–Kier alpha value is -4.01. The lowest BCUT2D eigenvalue weighted by Gasteiger charge is -2.16. The zero-order valence-electron chi connectivity index (χ0n) is 17.3. The SMILES string of the molecule is CC#C[C@@H](CC(=O)O)c1ccc(NC(=O)C(=O)Nc2cc(C(F)(F)F)ccc2C(F)(F)F)cc1. The van der Waals surface area contributed by atoms with E-state index in [1.54, 1.807) is 5.32 Å². The molecule has 12 heteroatoms. The van der Waals surface area contributed by atoms with Crippen LogP contribution in [0.15, 0.2) is 42.5 Å². The van der Waals surface area contributed by atoms with Crippen molar-refractivity contribution >= 4 is 29.2 Å². The first-order valence-corrected chi connectivity index (χ1v) is 9.37. The average molecular weight is 486 g/mol. The molecule has 0 bridgehead atoms. The minimum absolute atomic E-state index is 0.0301. The van der Waals surface area contributed by atoms with Crippen molar-refractivity contribution in [3.05, 3.63) is 59.2 Å². The second kappa shape index (κ2) is 10.3. The Balaban J connectivity index is 2.20. The lowest BCUT2D eigenvalue weighted by Crippen LogP contribution is -2.30. The van der Waals surface area contributed by atoms with E-state index in [2.05, 4.69) is 17.2 Å². The van der Waals surface area contributed by atoms with E-state index >= 15 is 0 Å². The molecule has 180 valence electrons.